The average molecular weight is 503 g/mol. The molecule has 0 aliphatic rings. The second-order valence-corrected chi connectivity index (χ2v) is 9.87. The largest absolute Gasteiger partial charge is 0.483 e. The molecule has 0 radical (unpaired) electrons. The van der Waals surface area contributed by atoms with Gasteiger partial charge in [0.05, 0.1) is 4.47 Å². The zero-order valence-electron chi connectivity index (χ0n) is 20.0. The molecular formula is C26H35BrN2O3. The topological polar surface area (TPSA) is 58.6 Å². The Morgan fingerprint density at radius 2 is 1.84 bits per heavy atom. The smallest absolute Gasteiger partial charge is 0.261 e. The maximum atomic E-state index is 13.3. The number of benzene rings is 2. The Hall–Kier alpha value is -2.34. The first-order valence-corrected chi connectivity index (χ1v) is 11.9. The molecule has 5 nitrogen and oxygen atoms in total. The number of carbonyl (C=O) groups is 2. The Balaban J connectivity index is 2.22. The molecule has 1 atom stereocenters. The highest BCUT2D eigenvalue weighted by molar-refractivity contribution is 9.10. The van der Waals surface area contributed by atoms with E-state index in [1.807, 2.05) is 63.2 Å². The van der Waals surface area contributed by atoms with Gasteiger partial charge in [-0.05, 0) is 64.9 Å². The molecule has 0 spiro atoms. The lowest BCUT2D eigenvalue weighted by molar-refractivity contribution is -0.142. The second-order valence-electron chi connectivity index (χ2n) is 9.01. The van der Waals surface area contributed by atoms with Gasteiger partial charge in [-0.3, -0.25) is 9.59 Å². The van der Waals surface area contributed by atoms with Crippen molar-refractivity contribution in [3.05, 3.63) is 63.6 Å². The second kappa shape index (κ2) is 11.5. The maximum Gasteiger partial charge on any atom is 0.261 e. The van der Waals surface area contributed by atoms with Gasteiger partial charge in [0.1, 0.15) is 11.8 Å². The summed E-state index contributed by atoms with van der Waals surface area (Å²) in [5, 5.41) is 2.85. The third-order valence-electron chi connectivity index (χ3n) is 5.32. The van der Waals surface area contributed by atoms with Crippen molar-refractivity contribution in [2.45, 2.75) is 66.0 Å². The highest BCUT2D eigenvalue weighted by atomic mass is 79.9. The van der Waals surface area contributed by atoms with E-state index in [0.29, 0.717) is 25.3 Å². The van der Waals surface area contributed by atoms with E-state index < -0.39 is 6.04 Å². The van der Waals surface area contributed by atoms with Crippen LogP contribution in [0.25, 0.3) is 0 Å². The monoisotopic (exact) mass is 502 g/mol. The fourth-order valence-electron chi connectivity index (χ4n) is 3.53. The molecule has 0 saturated carbocycles. The van der Waals surface area contributed by atoms with Crippen LogP contribution in [0.3, 0.4) is 0 Å². The predicted octanol–water partition coefficient (Wildman–Crippen LogP) is 5.38. The van der Waals surface area contributed by atoms with Gasteiger partial charge in [-0.15, -0.1) is 0 Å². The molecule has 0 bridgehead atoms. The number of rotatable bonds is 9. The van der Waals surface area contributed by atoms with E-state index in [2.05, 4.69) is 42.0 Å². The van der Waals surface area contributed by atoms with Crippen molar-refractivity contribution in [1.29, 1.82) is 0 Å². The van der Waals surface area contributed by atoms with Crippen molar-refractivity contribution in [3.63, 3.8) is 0 Å². The molecule has 0 aliphatic carbocycles. The van der Waals surface area contributed by atoms with Gasteiger partial charge < -0.3 is 15.0 Å². The van der Waals surface area contributed by atoms with Crippen LogP contribution in [0.1, 0.15) is 57.7 Å². The Kier molecular flexibility index (Phi) is 9.32. The fraction of sp³-hybridized carbons (Fsp3) is 0.462. The summed E-state index contributed by atoms with van der Waals surface area (Å²) in [7, 11) is 0. The zero-order chi connectivity index (χ0) is 23.9. The summed E-state index contributed by atoms with van der Waals surface area (Å²) in [6, 6.07) is 13.3. The van der Waals surface area contributed by atoms with Gasteiger partial charge in [0, 0.05) is 13.1 Å². The quantitative estimate of drug-likeness (QED) is 0.500. The van der Waals surface area contributed by atoms with Crippen LogP contribution in [0, 0.1) is 6.92 Å². The van der Waals surface area contributed by atoms with E-state index in [0.717, 1.165) is 15.6 Å². The van der Waals surface area contributed by atoms with E-state index in [9.17, 15) is 9.59 Å². The van der Waals surface area contributed by atoms with Gasteiger partial charge in [0.2, 0.25) is 5.91 Å². The lowest BCUT2D eigenvalue weighted by Crippen LogP contribution is -2.50. The summed E-state index contributed by atoms with van der Waals surface area (Å²) in [6.07, 6.45) is 0.521. The van der Waals surface area contributed by atoms with Gasteiger partial charge in [0.25, 0.3) is 5.91 Å². The first-order valence-electron chi connectivity index (χ1n) is 11.1. The lowest BCUT2D eigenvalue weighted by atomic mass is 9.87. The number of aryl methyl sites for hydroxylation is 1. The Morgan fingerprint density at radius 3 is 2.41 bits per heavy atom. The molecule has 0 unspecified atom stereocenters. The minimum atomic E-state index is -0.557. The van der Waals surface area contributed by atoms with Crippen LogP contribution in [0.2, 0.25) is 0 Å². The summed E-state index contributed by atoms with van der Waals surface area (Å²) in [5.41, 5.74) is 3.28. The summed E-state index contributed by atoms with van der Waals surface area (Å²) in [4.78, 5) is 27.6. The van der Waals surface area contributed by atoms with Gasteiger partial charge >= 0.3 is 0 Å². The van der Waals surface area contributed by atoms with Crippen molar-refractivity contribution in [2.75, 3.05) is 13.2 Å². The molecule has 0 aromatic heterocycles. The van der Waals surface area contributed by atoms with Crippen LogP contribution < -0.4 is 10.1 Å². The van der Waals surface area contributed by atoms with Gasteiger partial charge in [-0.2, -0.15) is 0 Å². The van der Waals surface area contributed by atoms with Crippen LogP contribution in [0.15, 0.2) is 46.9 Å². The fourth-order valence-corrected chi connectivity index (χ4v) is 4.02. The average Bonchev–Trinajstić information content (AvgIpc) is 2.72. The molecule has 1 N–H and O–H groups in total. The van der Waals surface area contributed by atoms with Gasteiger partial charge in [-0.1, -0.05) is 63.6 Å². The molecule has 0 aliphatic heterocycles. The normalized spacial score (nSPS) is 12.2. The molecule has 2 aromatic rings. The minimum absolute atomic E-state index is 0.0163. The molecule has 174 valence electrons. The third-order valence-corrected chi connectivity index (χ3v) is 5.94. The number of ether oxygens (including phenoxy) is 1. The first-order chi connectivity index (χ1) is 15.1. The lowest BCUT2D eigenvalue weighted by Gasteiger charge is -2.30. The SMILES string of the molecule is CCNC(=O)[C@@H](CC)N(Cc1cccc(C)c1)C(=O)COc1ccc(C(C)(C)C)cc1Br. The molecule has 0 heterocycles. The summed E-state index contributed by atoms with van der Waals surface area (Å²) >= 11 is 3.56. The number of halogens is 1. The standard InChI is InChI=1S/C26H35BrN2O3/c1-7-22(25(31)28-8-2)29(16-19-11-9-10-18(3)14-19)24(30)17-32-23-13-12-20(15-21(23)27)26(4,5)6/h9-15,22H,7-8,16-17H2,1-6H3,(H,28,31)/t22-/m1/s1. The number of likely N-dealkylation sites (N-methyl/N-ethyl adjacent to an activating group) is 1. The van der Waals surface area contributed by atoms with E-state index >= 15 is 0 Å². The molecule has 0 saturated heterocycles. The van der Waals surface area contributed by atoms with Crippen LogP contribution in [0.5, 0.6) is 5.75 Å². The molecule has 2 amide bonds. The number of nitrogens with one attached hydrogen (secondary N) is 1. The summed E-state index contributed by atoms with van der Waals surface area (Å²) in [5.74, 6) is 0.232. The van der Waals surface area contributed by atoms with Crippen LogP contribution in [-0.4, -0.2) is 35.9 Å². The van der Waals surface area contributed by atoms with Gasteiger partial charge in [-0.25, -0.2) is 0 Å². The molecule has 2 aromatic carbocycles. The Bertz CT molecular complexity index is 937. The maximum absolute atomic E-state index is 13.3. The number of hydrogen-bond acceptors (Lipinski definition) is 3. The Labute approximate surface area is 200 Å². The highest BCUT2D eigenvalue weighted by Gasteiger charge is 2.29. The van der Waals surface area contributed by atoms with Crippen molar-refractivity contribution in [1.82, 2.24) is 10.2 Å². The van der Waals surface area contributed by atoms with E-state index in [1.165, 1.54) is 5.56 Å². The van der Waals surface area contributed by atoms with Crippen molar-refractivity contribution in [3.8, 4) is 5.75 Å². The minimum Gasteiger partial charge on any atom is -0.483 e. The Morgan fingerprint density at radius 1 is 1.12 bits per heavy atom. The highest BCUT2D eigenvalue weighted by Crippen LogP contribution is 2.31. The number of nitrogens with zero attached hydrogens (tertiary/aromatic N) is 1. The van der Waals surface area contributed by atoms with Crippen LogP contribution in [0.4, 0.5) is 0 Å². The molecule has 2 rings (SSSR count). The molecular weight excluding hydrogens is 468 g/mol. The van der Waals surface area contributed by atoms with Crippen LogP contribution in [-0.2, 0) is 21.5 Å². The summed E-state index contributed by atoms with van der Waals surface area (Å²) < 4.78 is 6.68. The van der Waals surface area contributed by atoms with Crippen molar-refractivity contribution >= 4 is 27.7 Å². The van der Waals surface area contributed by atoms with Crippen molar-refractivity contribution < 1.29 is 14.3 Å². The molecule has 6 heteroatoms. The molecule has 32 heavy (non-hydrogen) atoms. The van der Waals surface area contributed by atoms with Gasteiger partial charge in [0.15, 0.2) is 6.61 Å². The summed E-state index contributed by atoms with van der Waals surface area (Å²) in [6.45, 7) is 13.0. The first kappa shape index (κ1) is 25.9. The van der Waals surface area contributed by atoms with Crippen molar-refractivity contribution in [2.24, 2.45) is 0 Å². The number of carbonyl (C=O) groups excluding carboxylic acids is 2. The van der Waals surface area contributed by atoms with E-state index in [4.69, 9.17) is 4.74 Å². The van der Waals surface area contributed by atoms with Crippen LogP contribution >= 0.6 is 15.9 Å². The van der Waals surface area contributed by atoms with E-state index in [-0.39, 0.29) is 23.8 Å². The van der Waals surface area contributed by atoms with E-state index in [1.54, 1.807) is 4.90 Å². The number of amides is 2. The zero-order valence-corrected chi connectivity index (χ0v) is 21.6. The number of hydrogen-bond donors (Lipinski definition) is 1. The third kappa shape index (κ3) is 7.09. The predicted molar refractivity (Wildman–Crippen MR) is 133 cm³/mol. The molecule has 0 fully saturated rings.